The molecule has 0 aromatic heterocycles. The molecule has 0 amide bonds. The second-order valence-corrected chi connectivity index (χ2v) is 3.79. The van der Waals surface area contributed by atoms with Gasteiger partial charge >= 0.3 is 0 Å². The predicted molar refractivity (Wildman–Crippen MR) is 51.5 cm³/mol. The summed E-state index contributed by atoms with van der Waals surface area (Å²) in [5, 5.41) is 3.92. The van der Waals surface area contributed by atoms with Crippen LogP contribution in [0.1, 0.15) is 12.0 Å². The molecule has 1 atom stereocenters. The van der Waals surface area contributed by atoms with Crippen LogP contribution in [0, 0.1) is 5.82 Å². The molecule has 1 unspecified atom stereocenters. The van der Waals surface area contributed by atoms with Crippen LogP contribution in [0.2, 0.25) is 5.02 Å². The van der Waals surface area contributed by atoms with Crippen molar-refractivity contribution in [2.24, 2.45) is 0 Å². The molecule has 0 radical (unpaired) electrons. The standard InChI is InChI=1S/C10H11ClFN/c11-10-2-1-8(12)5-7(10)6-9-3-4-13-9/h1-2,5,9,13H,3-4,6H2. The van der Waals surface area contributed by atoms with Crippen molar-refractivity contribution in [1.82, 2.24) is 5.32 Å². The number of nitrogens with one attached hydrogen (secondary N) is 1. The van der Waals surface area contributed by atoms with Gasteiger partial charge in [0.25, 0.3) is 0 Å². The first-order valence-electron chi connectivity index (χ1n) is 4.43. The first-order chi connectivity index (χ1) is 6.25. The fourth-order valence-corrected chi connectivity index (χ4v) is 1.68. The van der Waals surface area contributed by atoms with Crippen molar-refractivity contribution >= 4 is 11.6 Å². The van der Waals surface area contributed by atoms with E-state index in [1.807, 2.05) is 0 Å². The Bertz CT molecular complexity index is 310. The highest BCUT2D eigenvalue weighted by atomic mass is 35.5. The molecule has 2 rings (SSSR count). The third-order valence-corrected chi connectivity index (χ3v) is 2.77. The molecule has 0 saturated carbocycles. The molecule has 0 aliphatic carbocycles. The molecular weight excluding hydrogens is 189 g/mol. The minimum absolute atomic E-state index is 0.210. The van der Waals surface area contributed by atoms with Crippen molar-refractivity contribution in [2.75, 3.05) is 6.54 Å². The number of rotatable bonds is 2. The van der Waals surface area contributed by atoms with Crippen LogP contribution in [0.4, 0.5) is 4.39 Å². The second kappa shape index (κ2) is 3.64. The van der Waals surface area contributed by atoms with Gasteiger partial charge in [-0.25, -0.2) is 4.39 Å². The summed E-state index contributed by atoms with van der Waals surface area (Å²) in [7, 11) is 0. The lowest BCUT2D eigenvalue weighted by Crippen LogP contribution is -2.44. The van der Waals surface area contributed by atoms with Crippen LogP contribution in [0.25, 0.3) is 0 Å². The third-order valence-electron chi connectivity index (χ3n) is 2.40. The van der Waals surface area contributed by atoms with Gasteiger partial charge in [-0.2, -0.15) is 0 Å². The average molecular weight is 200 g/mol. The molecule has 1 aromatic carbocycles. The van der Waals surface area contributed by atoms with Gasteiger partial charge < -0.3 is 5.32 Å². The zero-order valence-electron chi connectivity index (χ0n) is 7.19. The number of benzene rings is 1. The van der Waals surface area contributed by atoms with Crippen molar-refractivity contribution in [3.05, 3.63) is 34.6 Å². The van der Waals surface area contributed by atoms with E-state index in [4.69, 9.17) is 11.6 Å². The minimum Gasteiger partial charge on any atom is -0.314 e. The fraction of sp³-hybridized carbons (Fsp3) is 0.400. The smallest absolute Gasteiger partial charge is 0.123 e. The quantitative estimate of drug-likeness (QED) is 0.771. The molecule has 1 fully saturated rings. The summed E-state index contributed by atoms with van der Waals surface area (Å²) in [4.78, 5) is 0. The topological polar surface area (TPSA) is 12.0 Å². The second-order valence-electron chi connectivity index (χ2n) is 3.38. The molecule has 1 aromatic rings. The Morgan fingerprint density at radius 3 is 2.92 bits per heavy atom. The van der Waals surface area contributed by atoms with Gasteiger partial charge in [-0.15, -0.1) is 0 Å². The average Bonchev–Trinajstić information content (AvgIpc) is 2.03. The first-order valence-corrected chi connectivity index (χ1v) is 4.81. The molecule has 0 bridgehead atoms. The molecule has 1 heterocycles. The van der Waals surface area contributed by atoms with Gasteiger partial charge in [-0.1, -0.05) is 11.6 Å². The van der Waals surface area contributed by atoms with E-state index >= 15 is 0 Å². The minimum atomic E-state index is -0.210. The van der Waals surface area contributed by atoms with E-state index in [2.05, 4.69) is 5.32 Å². The molecule has 70 valence electrons. The zero-order chi connectivity index (χ0) is 9.26. The van der Waals surface area contributed by atoms with Crippen LogP contribution in [-0.2, 0) is 6.42 Å². The van der Waals surface area contributed by atoms with Crippen LogP contribution in [0.15, 0.2) is 18.2 Å². The Hall–Kier alpha value is -0.600. The fourth-order valence-electron chi connectivity index (χ4n) is 1.49. The molecule has 1 aliphatic heterocycles. The van der Waals surface area contributed by atoms with Crippen molar-refractivity contribution in [1.29, 1.82) is 0 Å². The van der Waals surface area contributed by atoms with Crippen LogP contribution in [0.3, 0.4) is 0 Å². The van der Waals surface area contributed by atoms with E-state index < -0.39 is 0 Å². The Kier molecular flexibility index (Phi) is 2.51. The normalized spacial score (nSPS) is 21.2. The lowest BCUT2D eigenvalue weighted by Gasteiger charge is -2.27. The molecule has 1 aliphatic rings. The van der Waals surface area contributed by atoms with Gasteiger partial charge in [0.1, 0.15) is 5.82 Å². The molecular formula is C10H11ClFN. The highest BCUT2D eigenvalue weighted by Crippen LogP contribution is 2.20. The van der Waals surface area contributed by atoms with E-state index in [1.54, 1.807) is 6.07 Å². The largest absolute Gasteiger partial charge is 0.314 e. The van der Waals surface area contributed by atoms with Gasteiger partial charge in [0.2, 0.25) is 0 Å². The van der Waals surface area contributed by atoms with E-state index in [-0.39, 0.29) is 5.82 Å². The van der Waals surface area contributed by atoms with Crippen LogP contribution < -0.4 is 5.32 Å². The predicted octanol–water partition coefficient (Wildman–Crippen LogP) is 2.38. The SMILES string of the molecule is Fc1ccc(Cl)c(CC2CCN2)c1. The maximum absolute atomic E-state index is 12.8. The Morgan fingerprint density at radius 1 is 1.54 bits per heavy atom. The summed E-state index contributed by atoms with van der Waals surface area (Å²) in [6.07, 6.45) is 1.99. The van der Waals surface area contributed by atoms with Crippen LogP contribution in [-0.4, -0.2) is 12.6 Å². The van der Waals surface area contributed by atoms with Gasteiger partial charge in [-0.05, 0) is 43.1 Å². The highest BCUT2D eigenvalue weighted by molar-refractivity contribution is 6.31. The van der Waals surface area contributed by atoms with E-state index in [1.165, 1.54) is 12.1 Å². The van der Waals surface area contributed by atoms with E-state index in [0.717, 1.165) is 24.9 Å². The van der Waals surface area contributed by atoms with Crippen LogP contribution in [0.5, 0.6) is 0 Å². The highest BCUT2D eigenvalue weighted by Gasteiger charge is 2.17. The van der Waals surface area contributed by atoms with Crippen molar-refractivity contribution in [3.8, 4) is 0 Å². The van der Waals surface area contributed by atoms with E-state index in [0.29, 0.717) is 11.1 Å². The maximum atomic E-state index is 12.8. The molecule has 0 spiro atoms. The summed E-state index contributed by atoms with van der Waals surface area (Å²) in [5.41, 5.74) is 0.902. The summed E-state index contributed by atoms with van der Waals surface area (Å²) in [5.74, 6) is -0.210. The Labute approximate surface area is 81.9 Å². The molecule has 1 nitrogen and oxygen atoms in total. The lowest BCUT2D eigenvalue weighted by atomic mass is 9.98. The van der Waals surface area contributed by atoms with Crippen molar-refractivity contribution in [3.63, 3.8) is 0 Å². The molecule has 1 saturated heterocycles. The van der Waals surface area contributed by atoms with Crippen LogP contribution >= 0.6 is 11.6 Å². The maximum Gasteiger partial charge on any atom is 0.123 e. The number of hydrogen-bond donors (Lipinski definition) is 1. The van der Waals surface area contributed by atoms with Gasteiger partial charge in [-0.3, -0.25) is 0 Å². The first kappa shape index (κ1) is 8.97. The Morgan fingerprint density at radius 2 is 2.31 bits per heavy atom. The summed E-state index contributed by atoms with van der Waals surface area (Å²) >= 11 is 5.93. The lowest BCUT2D eigenvalue weighted by molar-refractivity contribution is 0.369. The van der Waals surface area contributed by atoms with Crippen molar-refractivity contribution < 1.29 is 4.39 Å². The molecule has 1 N–H and O–H groups in total. The van der Waals surface area contributed by atoms with E-state index in [9.17, 15) is 4.39 Å². The number of halogens is 2. The zero-order valence-corrected chi connectivity index (χ0v) is 7.94. The molecule has 3 heteroatoms. The van der Waals surface area contributed by atoms with Gasteiger partial charge in [0.05, 0.1) is 0 Å². The summed E-state index contributed by atoms with van der Waals surface area (Å²) in [6, 6.07) is 5.01. The monoisotopic (exact) mass is 199 g/mol. The third kappa shape index (κ3) is 2.01. The Balaban J connectivity index is 2.13. The van der Waals surface area contributed by atoms with Crippen molar-refractivity contribution in [2.45, 2.75) is 18.9 Å². The number of hydrogen-bond acceptors (Lipinski definition) is 1. The molecule has 13 heavy (non-hydrogen) atoms. The van der Waals surface area contributed by atoms with Gasteiger partial charge in [0.15, 0.2) is 0 Å². The summed E-state index contributed by atoms with van der Waals surface area (Å²) < 4.78 is 12.8. The van der Waals surface area contributed by atoms with Gasteiger partial charge in [0, 0.05) is 11.1 Å². The summed E-state index contributed by atoms with van der Waals surface area (Å²) in [6.45, 7) is 1.07.